The van der Waals surface area contributed by atoms with E-state index in [1.807, 2.05) is 0 Å². The summed E-state index contributed by atoms with van der Waals surface area (Å²) in [6.45, 7) is 5.95. The smallest absolute Gasteiger partial charge is 0.0286 e. The number of hydrogen-bond donors (Lipinski definition) is 0. The fourth-order valence-electron chi connectivity index (χ4n) is 3.29. The molecule has 0 heterocycles. The lowest BCUT2D eigenvalue weighted by molar-refractivity contribution is 0.241. The Bertz CT molecular complexity index is 242. The lowest BCUT2D eigenvalue weighted by atomic mass is 9.88. The molecule has 1 heteroatoms. The average molecular weight is 221 g/mol. The Balaban J connectivity index is 2.09. The normalized spacial score (nSPS) is 21.0. The van der Waals surface area contributed by atoms with Crippen LogP contribution in [0.1, 0.15) is 71.6 Å². The van der Waals surface area contributed by atoms with Crippen LogP contribution >= 0.6 is 0 Å². The molecule has 0 atom stereocenters. The highest BCUT2D eigenvalue weighted by molar-refractivity contribution is 5.19. The van der Waals surface area contributed by atoms with E-state index in [-0.39, 0.29) is 0 Å². The summed E-state index contributed by atoms with van der Waals surface area (Å²) in [5.41, 5.74) is 3.50. The van der Waals surface area contributed by atoms with Gasteiger partial charge >= 0.3 is 0 Å². The molecule has 0 N–H and O–H groups in total. The summed E-state index contributed by atoms with van der Waals surface area (Å²) in [6.07, 6.45) is 12.6. The third-order valence-corrected chi connectivity index (χ3v) is 4.28. The maximum Gasteiger partial charge on any atom is 0.0286 e. The zero-order chi connectivity index (χ0) is 11.4. The molecule has 0 amide bonds. The van der Waals surface area contributed by atoms with Gasteiger partial charge in [-0.3, -0.25) is 0 Å². The second kappa shape index (κ2) is 5.75. The van der Waals surface area contributed by atoms with Gasteiger partial charge in [0, 0.05) is 18.3 Å². The number of hydrogen-bond acceptors (Lipinski definition) is 1. The van der Waals surface area contributed by atoms with Crippen molar-refractivity contribution in [3.05, 3.63) is 11.3 Å². The third-order valence-electron chi connectivity index (χ3n) is 4.28. The minimum absolute atomic E-state index is 0.878. The predicted molar refractivity (Wildman–Crippen MR) is 70.4 cm³/mol. The first kappa shape index (κ1) is 12.0. The van der Waals surface area contributed by atoms with Gasteiger partial charge in [0.25, 0.3) is 0 Å². The highest BCUT2D eigenvalue weighted by Gasteiger charge is 2.26. The molecule has 1 nitrogen and oxygen atoms in total. The Morgan fingerprint density at radius 3 is 2.25 bits per heavy atom. The van der Waals surface area contributed by atoms with Crippen molar-refractivity contribution in [1.82, 2.24) is 4.90 Å². The highest BCUT2D eigenvalue weighted by Crippen LogP contribution is 2.35. The monoisotopic (exact) mass is 221 g/mol. The van der Waals surface area contributed by atoms with E-state index < -0.39 is 0 Å². The molecular formula is C15H27N. The molecule has 0 aliphatic heterocycles. The molecule has 0 saturated heterocycles. The summed E-state index contributed by atoms with van der Waals surface area (Å²) in [6, 6.07) is 0.878. The van der Waals surface area contributed by atoms with Gasteiger partial charge in [-0.1, -0.05) is 32.3 Å². The zero-order valence-electron chi connectivity index (χ0n) is 11.1. The Hall–Kier alpha value is -0.460. The zero-order valence-corrected chi connectivity index (χ0v) is 11.1. The Morgan fingerprint density at radius 1 is 1.12 bits per heavy atom. The van der Waals surface area contributed by atoms with Gasteiger partial charge in [0.2, 0.25) is 0 Å². The fourth-order valence-corrected chi connectivity index (χ4v) is 3.29. The Kier molecular flexibility index (Phi) is 4.31. The summed E-state index contributed by atoms with van der Waals surface area (Å²) in [7, 11) is 0. The molecule has 2 rings (SSSR count). The van der Waals surface area contributed by atoms with Crippen molar-refractivity contribution < 1.29 is 0 Å². The van der Waals surface area contributed by atoms with Crippen LogP contribution < -0.4 is 0 Å². The van der Waals surface area contributed by atoms with Gasteiger partial charge in [0.1, 0.15) is 0 Å². The molecule has 2 aliphatic rings. The quantitative estimate of drug-likeness (QED) is 0.661. The van der Waals surface area contributed by atoms with Gasteiger partial charge < -0.3 is 4.90 Å². The second-order valence-electron chi connectivity index (χ2n) is 5.39. The molecule has 0 aromatic rings. The first-order chi connectivity index (χ1) is 7.86. The summed E-state index contributed by atoms with van der Waals surface area (Å²) in [5, 5.41) is 0. The molecule has 0 bridgehead atoms. The lowest BCUT2D eigenvalue weighted by Gasteiger charge is -2.37. The highest BCUT2D eigenvalue weighted by atomic mass is 15.2. The van der Waals surface area contributed by atoms with Crippen LogP contribution in [0.25, 0.3) is 0 Å². The lowest BCUT2D eigenvalue weighted by Crippen LogP contribution is -2.34. The van der Waals surface area contributed by atoms with E-state index in [0.717, 1.165) is 6.04 Å². The van der Waals surface area contributed by atoms with Crippen molar-refractivity contribution >= 4 is 0 Å². The van der Waals surface area contributed by atoms with Crippen LogP contribution in [-0.2, 0) is 0 Å². The van der Waals surface area contributed by atoms with Crippen molar-refractivity contribution in [3.63, 3.8) is 0 Å². The van der Waals surface area contributed by atoms with Crippen LogP contribution in [0.5, 0.6) is 0 Å². The minimum Gasteiger partial charge on any atom is -0.372 e. The van der Waals surface area contributed by atoms with Crippen LogP contribution in [0.4, 0.5) is 0 Å². The topological polar surface area (TPSA) is 3.24 Å². The van der Waals surface area contributed by atoms with Crippen molar-refractivity contribution in [3.8, 4) is 0 Å². The molecule has 0 unspecified atom stereocenters. The van der Waals surface area contributed by atoms with Crippen LogP contribution in [0.2, 0.25) is 0 Å². The number of nitrogens with zero attached hydrogens (tertiary/aromatic N) is 1. The van der Waals surface area contributed by atoms with Crippen molar-refractivity contribution in [2.45, 2.75) is 77.7 Å². The molecule has 0 aromatic carbocycles. The standard InChI is InChI=1S/C15H27N/c1-3-12-16(14-10-5-6-11-14)15(4-2)13-8-7-9-13/h14H,3-12H2,1-2H3. The van der Waals surface area contributed by atoms with Crippen LogP contribution in [-0.4, -0.2) is 17.5 Å². The maximum absolute atomic E-state index is 2.78. The molecule has 0 spiro atoms. The first-order valence-electron chi connectivity index (χ1n) is 7.34. The average Bonchev–Trinajstić information content (AvgIpc) is 2.73. The molecule has 16 heavy (non-hydrogen) atoms. The first-order valence-corrected chi connectivity index (χ1v) is 7.34. The van der Waals surface area contributed by atoms with Gasteiger partial charge in [0.05, 0.1) is 0 Å². The fraction of sp³-hybridized carbons (Fsp3) is 0.867. The molecule has 2 fully saturated rings. The van der Waals surface area contributed by atoms with Gasteiger partial charge in [-0.15, -0.1) is 0 Å². The van der Waals surface area contributed by atoms with E-state index in [2.05, 4.69) is 18.7 Å². The van der Waals surface area contributed by atoms with E-state index in [1.54, 1.807) is 11.3 Å². The maximum atomic E-state index is 2.78. The molecular weight excluding hydrogens is 194 g/mol. The summed E-state index contributed by atoms with van der Waals surface area (Å²) < 4.78 is 0. The van der Waals surface area contributed by atoms with Gasteiger partial charge in [-0.2, -0.15) is 0 Å². The minimum atomic E-state index is 0.878. The van der Waals surface area contributed by atoms with Crippen LogP contribution in [0.15, 0.2) is 11.3 Å². The van der Waals surface area contributed by atoms with E-state index in [1.165, 1.54) is 64.3 Å². The summed E-state index contributed by atoms with van der Waals surface area (Å²) in [4.78, 5) is 2.78. The van der Waals surface area contributed by atoms with Crippen molar-refractivity contribution in [1.29, 1.82) is 0 Å². The van der Waals surface area contributed by atoms with E-state index in [9.17, 15) is 0 Å². The van der Waals surface area contributed by atoms with Gasteiger partial charge in [-0.25, -0.2) is 0 Å². The Labute approximate surface area is 101 Å². The van der Waals surface area contributed by atoms with E-state index >= 15 is 0 Å². The van der Waals surface area contributed by atoms with E-state index in [4.69, 9.17) is 0 Å². The molecule has 0 aromatic heterocycles. The van der Waals surface area contributed by atoms with E-state index in [0.29, 0.717) is 0 Å². The molecule has 0 radical (unpaired) electrons. The Morgan fingerprint density at radius 2 is 1.81 bits per heavy atom. The number of allylic oxidation sites excluding steroid dienone is 2. The summed E-state index contributed by atoms with van der Waals surface area (Å²) in [5.74, 6) is 0. The number of rotatable bonds is 5. The van der Waals surface area contributed by atoms with Crippen LogP contribution in [0.3, 0.4) is 0 Å². The predicted octanol–water partition coefficient (Wildman–Crippen LogP) is 4.49. The van der Waals surface area contributed by atoms with Gasteiger partial charge in [-0.05, 0) is 44.9 Å². The SMILES string of the molecule is CCCN(C(CC)=C1CCC1)C1CCCC1. The molecule has 2 saturated carbocycles. The second-order valence-corrected chi connectivity index (χ2v) is 5.39. The van der Waals surface area contributed by atoms with Crippen LogP contribution in [0, 0.1) is 0 Å². The van der Waals surface area contributed by atoms with Crippen molar-refractivity contribution in [2.75, 3.05) is 6.54 Å². The third kappa shape index (κ3) is 2.44. The largest absolute Gasteiger partial charge is 0.372 e. The van der Waals surface area contributed by atoms with Gasteiger partial charge in [0.15, 0.2) is 0 Å². The van der Waals surface area contributed by atoms with Crippen molar-refractivity contribution in [2.24, 2.45) is 0 Å². The molecule has 92 valence electrons. The summed E-state index contributed by atoms with van der Waals surface area (Å²) >= 11 is 0. The molecule has 2 aliphatic carbocycles.